The Hall–Kier alpha value is -1.31. The van der Waals surface area contributed by atoms with Crippen LogP contribution in [0, 0.1) is 17.8 Å². The lowest BCUT2D eigenvalue weighted by Gasteiger charge is -2.31. The quantitative estimate of drug-likeness (QED) is 0.801. The van der Waals surface area contributed by atoms with Gasteiger partial charge in [-0.15, -0.1) is 0 Å². The lowest BCUT2D eigenvalue weighted by Crippen LogP contribution is -2.26. The summed E-state index contributed by atoms with van der Waals surface area (Å²) >= 11 is 0. The van der Waals surface area contributed by atoms with Crippen molar-refractivity contribution in [2.24, 2.45) is 17.8 Å². The Labute approximate surface area is 122 Å². The number of carbonyl (C=O) groups is 1. The van der Waals surface area contributed by atoms with E-state index < -0.39 is 0 Å². The summed E-state index contributed by atoms with van der Waals surface area (Å²) in [6.07, 6.45) is 4.91. The molecule has 1 aromatic rings. The zero-order valence-corrected chi connectivity index (χ0v) is 12.9. The predicted molar refractivity (Wildman–Crippen MR) is 82.0 cm³/mol. The summed E-state index contributed by atoms with van der Waals surface area (Å²) in [6.45, 7) is 4.59. The van der Waals surface area contributed by atoms with E-state index in [9.17, 15) is 4.79 Å². The van der Waals surface area contributed by atoms with E-state index in [2.05, 4.69) is 26.0 Å². The molecule has 0 aromatic heterocycles. The Balaban J connectivity index is 1.82. The largest absolute Gasteiger partial charge is 0.497 e. The van der Waals surface area contributed by atoms with Crippen LogP contribution in [0.4, 0.5) is 0 Å². The number of aryl methyl sites for hydroxylation is 1. The molecule has 0 N–H and O–H groups in total. The Morgan fingerprint density at radius 3 is 2.45 bits per heavy atom. The Morgan fingerprint density at radius 2 is 1.85 bits per heavy atom. The van der Waals surface area contributed by atoms with Gasteiger partial charge in [-0.25, -0.2) is 0 Å². The van der Waals surface area contributed by atoms with E-state index in [1.165, 1.54) is 12.0 Å². The normalized spacial score (nSPS) is 26.2. The summed E-state index contributed by atoms with van der Waals surface area (Å²) in [6, 6.07) is 8.03. The van der Waals surface area contributed by atoms with Crippen molar-refractivity contribution in [2.75, 3.05) is 7.11 Å². The van der Waals surface area contributed by atoms with Crippen LogP contribution in [0.15, 0.2) is 24.3 Å². The second-order valence-corrected chi connectivity index (χ2v) is 6.28. The Bertz CT molecular complexity index is 435. The van der Waals surface area contributed by atoms with E-state index in [0.29, 0.717) is 24.0 Å². The molecule has 1 aliphatic carbocycles. The van der Waals surface area contributed by atoms with Crippen LogP contribution in [0.3, 0.4) is 0 Å². The van der Waals surface area contributed by atoms with Crippen LogP contribution in [0.5, 0.6) is 5.75 Å². The number of hydrogen-bond acceptors (Lipinski definition) is 2. The molecule has 3 atom stereocenters. The molecule has 1 fully saturated rings. The molecule has 0 amide bonds. The molecule has 1 aliphatic rings. The van der Waals surface area contributed by atoms with E-state index in [0.717, 1.165) is 30.9 Å². The van der Waals surface area contributed by atoms with Crippen molar-refractivity contribution >= 4 is 5.78 Å². The van der Waals surface area contributed by atoms with E-state index in [-0.39, 0.29) is 0 Å². The third-order valence-corrected chi connectivity index (χ3v) is 4.87. The molecule has 1 aromatic carbocycles. The minimum absolute atomic E-state index is 0.305. The van der Waals surface area contributed by atoms with Crippen molar-refractivity contribution in [3.8, 4) is 5.75 Å². The first-order valence-electron chi connectivity index (χ1n) is 7.75. The second-order valence-electron chi connectivity index (χ2n) is 6.28. The zero-order valence-electron chi connectivity index (χ0n) is 12.9. The second kappa shape index (κ2) is 6.92. The topological polar surface area (TPSA) is 26.3 Å². The SMILES string of the molecule is COc1ccc(CCC(=O)C2CCC(C)C(C)C2)cc1. The minimum Gasteiger partial charge on any atom is -0.497 e. The van der Waals surface area contributed by atoms with Gasteiger partial charge in [-0.3, -0.25) is 4.79 Å². The van der Waals surface area contributed by atoms with Gasteiger partial charge < -0.3 is 4.74 Å². The average Bonchev–Trinajstić information content (AvgIpc) is 2.48. The van der Waals surface area contributed by atoms with Gasteiger partial charge in [0, 0.05) is 12.3 Å². The molecule has 110 valence electrons. The summed E-state index contributed by atoms with van der Waals surface area (Å²) in [7, 11) is 1.67. The van der Waals surface area contributed by atoms with Gasteiger partial charge >= 0.3 is 0 Å². The molecule has 0 heterocycles. The fourth-order valence-electron chi connectivity index (χ4n) is 3.10. The highest BCUT2D eigenvalue weighted by molar-refractivity contribution is 5.81. The monoisotopic (exact) mass is 274 g/mol. The van der Waals surface area contributed by atoms with Crippen molar-refractivity contribution in [3.63, 3.8) is 0 Å². The van der Waals surface area contributed by atoms with Crippen LogP contribution >= 0.6 is 0 Å². The van der Waals surface area contributed by atoms with Crippen molar-refractivity contribution in [1.29, 1.82) is 0 Å². The number of hydrogen-bond donors (Lipinski definition) is 0. The lowest BCUT2D eigenvalue weighted by atomic mass is 9.74. The van der Waals surface area contributed by atoms with Crippen LogP contribution in [0.2, 0.25) is 0 Å². The summed E-state index contributed by atoms with van der Waals surface area (Å²) < 4.78 is 5.14. The van der Waals surface area contributed by atoms with Gasteiger partial charge in [-0.1, -0.05) is 26.0 Å². The molecule has 20 heavy (non-hydrogen) atoms. The number of benzene rings is 1. The first-order valence-corrected chi connectivity index (χ1v) is 7.75. The highest BCUT2D eigenvalue weighted by Crippen LogP contribution is 2.34. The molecular weight excluding hydrogens is 248 g/mol. The summed E-state index contributed by atoms with van der Waals surface area (Å²) in [5.74, 6) is 3.11. The average molecular weight is 274 g/mol. The fraction of sp³-hybridized carbons (Fsp3) is 0.611. The highest BCUT2D eigenvalue weighted by Gasteiger charge is 2.28. The molecule has 3 unspecified atom stereocenters. The number of carbonyl (C=O) groups excluding carboxylic acids is 1. The van der Waals surface area contributed by atoms with E-state index in [1.807, 2.05) is 12.1 Å². The van der Waals surface area contributed by atoms with Crippen LogP contribution in [0.25, 0.3) is 0 Å². The first-order chi connectivity index (χ1) is 9.60. The highest BCUT2D eigenvalue weighted by atomic mass is 16.5. The smallest absolute Gasteiger partial charge is 0.136 e. The first kappa shape index (κ1) is 15.1. The number of Topliss-reactive ketones (excluding diaryl/α,β-unsaturated/α-hetero) is 1. The van der Waals surface area contributed by atoms with Crippen LogP contribution in [-0.4, -0.2) is 12.9 Å². The summed E-state index contributed by atoms with van der Waals surface area (Å²) in [4.78, 5) is 12.3. The van der Waals surface area contributed by atoms with Crippen LogP contribution in [0.1, 0.15) is 45.1 Å². The lowest BCUT2D eigenvalue weighted by molar-refractivity contribution is -0.124. The molecule has 2 heteroatoms. The van der Waals surface area contributed by atoms with E-state index in [4.69, 9.17) is 4.74 Å². The molecule has 2 rings (SSSR count). The van der Waals surface area contributed by atoms with Gasteiger partial charge in [0.2, 0.25) is 0 Å². The number of ether oxygens (including phenoxy) is 1. The number of methoxy groups -OCH3 is 1. The Kier molecular flexibility index (Phi) is 5.22. The van der Waals surface area contributed by atoms with Crippen LogP contribution < -0.4 is 4.74 Å². The molecule has 0 spiro atoms. The summed E-state index contributed by atoms with van der Waals surface area (Å²) in [5, 5.41) is 0. The van der Waals surface area contributed by atoms with Crippen molar-refractivity contribution in [2.45, 2.75) is 46.0 Å². The molecule has 1 saturated carbocycles. The molecule has 0 bridgehead atoms. The third kappa shape index (κ3) is 3.84. The van der Waals surface area contributed by atoms with Crippen molar-refractivity contribution in [3.05, 3.63) is 29.8 Å². The van der Waals surface area contributed by atoms with E-state index in [1.54, 1.807) is 7.11 Å². The zero-order chi connectivity index (χ0) is 14.5. The van der Waals surface area contributed by atoms with Gasteiger partial charge in [0.05, 0.1) is 7.11 Å². The van der Waals surface area contributed by atoms with Gasteiger partial charge in [0.1, 0.15) is 11.5 Å². The van der Waals surface area contributed by atoms with Crippen LogP contribution in [-0.2, 0) is 11.2 Å². The molecule has 2 nitrogen and oxygen atoms in total. The summed E-state index contributed by atoms with van der Waals surface area (Å²) in [5.41, 5.74) is 1.22. The molecule has 0 saturated heterocycles. The standard InChI is InChI=1S/C18H26O2/c1-13-4-8-16(12-14(13)2)18(19)11-7-15-5-9-17(20-3)10-6-15/h5-6,9-10,13-14,16H,4,7-8,11-12H2,1-3H3. The molecule has 0 radical (unpaired) electrons. The maximum Gasteiger partial charge on any atom is 0.136 e. The fourth-order valence-corrected chi connectivity index (χ4v) is 3.10. The van der Waals surface area contributed by atoms with Crippen molar-refractivity contribution < 1.29 is 9.53 Å². The van der Waals surface area contributed by atoms with Gasteiger partial charge in [0.15, 0.2) is 0 Å². The number of rotatable bonds is 5. The molecular formula is C18H26O2. The van der Waals surface area contributed by atoms with Gasteiger partial charge in [-0.2, -0.15) is 0 Å². The molecule has 0 aliphatic heterocycles. The number of ketones is 1. The van der Waals surface area contributed by atoms with E-state index >= 15 is 0 Å². The van der Waals surface area contributed by atoms with Gasteiger partial charge in [-0.05, 0) is 55.2 Å². The Morgan fingerprint density at radius 1 is 1.15 bits per heavy atom. The maximum atomic E-state index is 12.3. The minimum atomic E-state index is 0.305. The van der Waals surface area contributed by atoms with Gasteiger partial charge in [0.25, 0.3) is 0 Å². The van der Waals surface area contributed by atoms with Crippen molar-refractivity contribution in [1.82, 2.24) is 0 Å². The predicted octanol–water partition coefficient (Wildman–Crippen LogP) is 4.27. The third-order valence-electron chi connectivity index (χ3n) is 4.87. The maximum absolute atomic E-state index is 12.3.